The average molecular weight is 320 g/mol. The van der Waals surface area contributed by atoms with Gasteiger partial charge < -0.3 is 5.32 Å². The molecule has 0 aliphatic heterocycles. The van der Waals surface area contributed by atoms with E-state index in [4.69, 9.17) is 5.26 Å². The number of hydrogen-bond donors (Lipinski definition) is 1. The zero-order chi connectivity index (χ0) is 13.7. The molecule has 96 valence electrons. The van der Waals surface area contributed by atoms with Crippen LogP contribution in [0.15, 0.2) is 41.1 Å². The van der Waals surface area contributed by atoms with Gasteiger partial charge in [-0.2, -0.15) is 5.26 Å². The first-order valence-electron chi connectivity index (χ1n) is 5.73. The summed E-state index contributed by atoms with van der Waals surface area (Å²) >= 11 is 3.08. The van der Waals surface area contributed by atoms with Gasteiger partial charge in [-0.05, 0) is 46.1 Å². The number of nitrogens with zero attached hydrogens (tertiary/aromatic N) is 2. The number of anilines is 1. The monoisotopic (exact) mass is 319 g/mol. The summed E-state index contributed by atoms with van der Waals surface area (Å²) in [6, 6.07) is 8.92. The lowest BCUT2D eigenvalue weighted by atomic mass is 10.2. The number of pyridine rings is 1. The second-order valence-electron chi connectivity index (χ2n) is 3.94. The first kappa shape index (κ1) is 13.5. The molecule has 0 aliphatic carbocycles. The van der Waals surface area contributed by atoms with Crippen LogP contribution in [0.2, 0.25) is 0 Å². The number of rotatable bonds is 4. The Balaban J connectivity index is 2.01. The van der Waals surface area contributed by atoms with Gasteiger partial charge in [-0.25, -0.2) is 4.39 Å². The normalized spacial score (nSPS) is 9.95. The summed E-state index contributed by atoms with van der Waals surface area (Å²) < 4.78 is 14.1. The van der Waals surface area contributed by atoms with Crippen LogP contribution in [0.3, 0.4) is 0 Å². The molecular formula is C14H11BrFN3. The van der Waals surface area contributed by atoms with Crippen molar-refractivity contribution in [3.8, 4) is 6.07 Å². The highest BCUT2D eigenvalue weighted by molar-refractivity contribution is 9.10. The quantitative estimate of drug-likeness (QED) is 0.938. The molecule has 0 amide bonds. The summed E-state index contributed by atoms with van der Waals surface area (Å²) in [5.41, 5.74) is 1.76. The molecule has 19 heavy (non-hydrogen) atoms. The van der Waals surface area contributed by atoms with Crippen LogP contribution in [-0.4, -0.2) is 11.5 Å². The first-order chi connectivity index (χ1) is 9.22. The Labute approximate surface area is 119 Å². The van der Waals surface area contributed by atoms with Crippen molar-refractivity contribution in [3.63, 3.8) is 0 Å². The molecule has 0 radical (unpaired) electrons. The van der Waals surface area contributed by atoms with Gasteiger partial charge in [0.1, 0.15) is 6.07 Å². The maximum atomic E-state index is 13.9. The van der Waals surface area contributed by atoms with E-state index >= 15 is 0 Å². The fourth-order valence-electron chi connectivity index (χ4n) is 1.66. The molecule has 2 rings (SSSR count). The van der Waals surface area contributed by atoms with E-state index < -0.39 is 5.82 Å². The number of aromatic nitrogens is 1. The minimum Gasteiger partial charge on any atom is -0.382 e. The molecule has 5 heteroatoms. The molecule has 1 aromatic heterocycles. The molecular weight excluding hydrogens is 309 g/mol. The van der Waals surface area contributed by atoms with Gasteiger partial charge in [0.05, 0.1) is 15.7 Å². The highest BCUT2D eigenvalue weighted by atomic mass is 79.9. The SMILES string of the molecule is N#Cc1ccc(NCCc2cccnc2)c(F)c1Br. The van der Waals surface area contributed by atoms with Crippen LogP contribution in [0.25, 0.3) is 0 Å². The number of halogens is 2. The van der Waals surface area contributed by atoms with Crippen molar-refractivity contribution in [2.75, 3.05) is 11.9 Å². The predicted molar refractivity (Wildman–Crippen MR) is 75.2 cm³/mol. The Hall–Kier alpha value is -1.93. The van der Waals surface area contributed by atoms with Crippen LogP contribution in [0.1, 0.15) is 11.1 Å². The van der Waals surface area contributed by atoms with Crippen LogP contribution in [-0.2, 0) is 6.42 Å². The highest BCUT2D eigenvalue weighted by Crippen LogP contribution is 2.26. The Bertz CT molecular complexity index is 608. The van der Waals surface area contributed by atoms with Crippen LogP contribution < -0.4 is 5.32 Å². The molecule has 0 saturated carbocycles. The smallest absolute Gasteiger partial charge is 0.161 e. The third-order valence-corrected chi connectivity index (χ3v) is 3.43. The van der Waals surface area contributed by atoms with E-state index in [1.165, 1.54) is 0 Å². The van der Waals surface area contributed by atoms with Crippen molar-refractivity contribution >= 4 is 21.6 Å². The molecule has 1 aromatic carbocycles. The largest absolute Gasteiger partial charge is 0.382 e. The molecule has 0 atom stereocenters. The van der Waals surface area contributed by atoms with Gasteiger partial charge in [0, 0.05) is 18.9 Å². The molecule has 0 spiro atoms. The molecule has 0 aliphatic rings. The van der Waals surface area contributed by atoms with Gasteiger partial charge >= 0.3 is 0 Å². The molecule has 2 aromatic rings. The molecule has 1 N–H and O–H groups in total. The third kappa shape index (κ3) is 3.30. The zero-order valence-electron chi connectivity index (χ0n) is 10.0. The number of nitrogens with one attached hydrogen (secondary N) is 1. The van der Waals surface area contributed by atoms with E-state index in [0.717, 1.165) is 12.0 Å². The molecule has 0 unspecified atom stereocenters. The Morgan fingerprint density at radius 3 is 2.89 bits per heavy atom. The van der Waals surface area contributed by atoms with Gasteiger partial charge in [-0.1, -0.05) is 6.07 Å². The highest BCUT2D eigenvalue weighted by Gasteiger charge is 2.10. The van der Waals surface area contributed by atoms with Crippen molar-refractivity contribution in [2.45, 2.75) is 6.42 Å². The van der Waals surface area contributed by atoms with E-state index in [-0.39, 0.29) is 10.0 Å². The van der Waals surface area contributed by atoms with Gasteiger partial charge in [0.2, 0.25) is 0 Å². The maximum absolute atomic E-state index is 13.9. The second-order valence-corrected chi connectivity index (χ2v) is 4.73. The summed E-state index contributed by atoms with van der Waals surface area (Å²) in [6.45, 7) is 0.598. The number of hydrogen-bond acceptors (Lipinski definition) is 3. The lowest BCUT2D eigenvalue weighted by Crippen LogP contribution is -2.07. The van der Waals surface area contributed by atoms with Crippen LogP contribution >= 0.6 is 15.9 Å². The fraction of sp³-hybridized carbons (Fsp3) is 0.143. The minimum absolute atomic E-state index is 0.196. The summed E-state index contributed by atoms with van der Waals surface area (Å²) in [6.07, 6.45) is 4.26. The van der Waals surface area contributed by atoms with Crippen LogP contribution in [0.5, 0.6) is 0 Å². The van der Waals surface area contributed by atoms with Crippen molar-refractivity contribution in [1.29, 1.82) is 5.26 Å². The van der Waals surface area contributed by atoms with Gasteiger partial charge in [0.25, 0.3) is 0 Å². The lowest BCUT2D eigenvalue weighted by Gasteiger charge is -2.09. The lowest BCUT2D eigenvalue weighted by molar-refractivity contribution is 0.623. The number of benzene rings is 1. The predicted octanol–water partition coefficient (Wildman–Crippen LogP) is 3.51. The number of nitriles is 1. The summed E-state index contributed by atoms with van der Waals surface area (Å²) in [5, 5.41) is 11.8. The second kappa shape index (κ2) is 6.30. The van der Waals surface area contributed by atoms with E-state index in [9.17, 15) is 4.39 Å². The molecule has 0 bridgehead atoms. The van der Waals surface area contributed by atoms with Crippen molar-refractivity contribution < 1.29 is 4.39 Å². The summed E-state index contributed by atoms with van der Waals surface area (Å²) in [7, 11) is 0. The van der Waals surface area contributed by atoms with Gasteiger partial charge in [-0.15, -0.1) is 0 Å². The first-order valence-corrected chi connectivity index (χ1v) is 6.52. The molecule has 0 fully saturated rings. The van der Waals surface area contributed by atoms with E-state index in [0.29, 0.717) is 12.2 Å². The van der Waals surface area contributed by atoms with Gasteiger partial charge in [0.15, 0.2) is 5.82 Å². The average Bonchev–Trinajstić information content (AvgIpc) is 2.45. The fourth-order valence-corrected chi connectivity index (χ4v) is 2.09. The van der Waals surface area contributed by atoms with Crippen LogP contribution in [0.4, 0.5) is 10.1 Å². The van der Waals surface area contributed by atoms with Gasteiger partial charge in [-0.3, -0.25) is 4.98 Å². The molecule has 0 saturated heterocycles. The molecule has 3 nitrogen and oxygen atoms in total. The van der Waals surface area contributed by atoms with E-state index in [2.05, 4.69) is 26.2 Å². The van der Waals surface area contributed by atoms with E-state index in [1.807, 2.05) is 18.2 Å². The molecule has 1 heterocycles. The Morgan fingerprint density at radius 1 is 1.37 bits per heavy atom. The Kier molecular flexibility index (Phi) is 4.48. The summed E-state index contributed by atoms with van der Waals surface area (Å²) in [5.74, 6) is -0.440. The van der Waals surface area contributed by atoms with Crippen LogP contribution in [0, 0.1) is 17.1 Å². The zero-order valence-corrected chi connectivity index (χ0v) is 11.6. The van der Waals surface area contributed by atoms with Crippen molar-refractivity contribution in [3.05, 3.63) is 58.1 Å². The third-order valence-electron chi connectivity index (χ3n) is 2.65. The van der Waals surface area contributed by atoms with Crippen molar-refractivity contribution in [1.82, 2.24) is 4.98 Å². The maximum Gasteiger partial charge on any atom is 0.161 e. The standard InChI is InChI=1S/C14H11BrFN3/c15-13-11(8-17)3-4-12(14(13)16)19-7-5-10-2-1-6-18-9-10/h1-4,6,9,19H,5,7H2. The Morgan fingerprint density at radius 2 is 2.21 bits per heavy atom. The minimum atomic E-state index is -0.440. The van der Waals surface area contributed by atoms with Crippen molar-refractivity contribution in [2.24, 2.45) is 0 Å². The summed E-state index contributed by atoms with van der Waals surface area (Å²) in [4.78, 5) is 4.02. The topological polar surface area (TPSA) is 48.7 Å². The van der Waals surface area contributed by atoms with E-state index in [1.54, 1.807) is 24.5 Å².